The second kappa shape index (κ2) is 11.0. The zero-order valence-electron chi connectivity index (χ0n) is 26.8. The number of amides is 2. The average molecular weight is 609 g/mol. The molecule has 0 bridgehead atoms. The number of benzene rings is 1. The lowest BCUT2D eigenvalue weighted by molar-refractivity contribution is -0.125. The third-order valence-electron chi connectivity index (χ3n) is 10.9. The van der Waals surface area contributed by atoms with Gasteiger partial charge in [0.25, 0.3) is 0 Å². The van der Waals surface area contributed by atoms with Crippen molar-refractivity contribution in [2.24, 2.45) is 0 Å². The predicted octanol–water partition coefficient (Wildman–Crippen LogP) is 5.61. The molecule has 1 aromatic heterocycles. The summed E-state index contributed by atoms with van der Waals surface area (Å²) in [6.45, 7) is 6.27. The van der Waals surface area contributed by atoms with Crippen molar-refractivity contribution in [2.75, 3.05) is 11.9 Å². The third-order valence-corrected chi connectivity index (χ3v) is 10.9. The fraction of sp³-hybridized carbons (Fsp3) is 0.568. The minimum atomic E-state index is -0.646. The number of nitrogens with one attached hydrogen (secondary N) is 2. The molecule has 7 rings (SSSR count). The van der Waals surface area contributed by atoms with Crippen LogP contribution in [-0.2, 0) is 32.6 Å². The zero-order valence-corrected chi connectivity index (χ0v) is 26.8. The number of aromatic nitrogens is 1. The normalized spacial score (nSPS) is 26.2. The molecule has 5 aliphatic rings. The molecule has 2 aromatic rings. The fourth-order valence-corrected chi connectivity index (χ4v) is 8.78. The molecule has 8 heteroatoms. The summed E-state index contributed by atoms with van der Waals surface area (Å²) < 4.78 is 5.98. The van der Waals surface area contributed by atoms with Crippen LogP contribution in [0.1, 0.15) is 107 Å². The largest absolute Gasteiger partial charge is 0.444 e. The summed E-state index contributed by atoms with van der Waals surface area (Å²) in [5, 5.41) is 6.83. The van der Waals surface area contributed by atoms with Crippen LogP contribution in [0.4, 0.5) is 10.6 Å². The number of Topliss-reactive ketones (excluding diaryl/α,β-unsaturated/α-hetero) is 1. The Bertz CT molecular complexity index is 1600. The molecule has 1 aromatic carbocycles. The van der Waals surface area contributed by atoms with Crippen LogP contribution >= 0.6 is 0 Å². The number of fused-ring (bicyclic) bond motifs is 3. The molecular weight excluding hydrogens is 564 g/mol. The SMILES string of the molecule is CC(C)(C)OC(=O)N1CC2(CCCCCC2)NC(C(=O)C#Cc2ccc3c(c2)CC2(C3)C(=O)Nc3ncccc32)C12CCCC2. The van der Waals surface area contributed by atoms with Crippen molar-refractivity contribution in [3.8, 4) is 11.8 Å². The molecule has 3 aliphatic carbocycles. The topological polar surface area (TPSA) is 101 Å². The van der Waals surface area contributed by atoms with Gasteiger partial charge in [-0.15, -0.1) is 0 Å². The van der Waals surface area contributed by atoms with Crippen molar-refractivity contribution in [3.63, 3.8) is 0 Å². The number of pyridine rings is 1. The Kier molecular flexibility index (Phi) is 7.31. The Balaban J connectivity index is 1.19. The Morgan fingerprint density at radius 2 is 1.69 bits per heavy atom. The van der Waals surface area contributed by atoms with Crippen molar-refractivity contribution >= 4 is 23.6 Å². The second-order valence-electron chi connectivity index (χ2n) is 15.0. The quantitative estimate of drug-likeness (QED) is 0.409. The first-order chi connectivity index (χ1) is 21.5. The van der Waals surface area contributed by atoms with Crippen molar-refractivity contribution < 1.29 is 19.1 Å². The fourth-order valence-electron chi connectivity index (χ4n) is 8.78. The lowest BCUT2D eigenvalue weighted by atomic mass is 9.75. The highest BCUT2D eigenvalue weighted by Gasteiger charge is 2.59. The summed E-state index contributed by atoms with van der Waals surface area (Å²) in [5.74, 6) is 6.68. The minimum absolute atomic E-state index is 0.0116. The van der Waals surface area contributed by atoms with Gasteiger partial charge >= 0.3 is 6.09 Å². The third kappa shape index (κ3) is 5.23. The first-order valence-electron chi connectivity index (χ1n) is 16.8. The van der Waals surface area contributed by atoms with E-state index in [2.05, 4.69) is 27.5 Å². The van der Waals surface area contributed by atoms with Gasteiger partial charge in [0.15, 0.2) is 0 Å². The van der Waals surface area contributed by atoms with Crippen molar-refractivity contribution in [1.29, 1.82) is 0 Å². The standard InChI is InChI=1S/C37H44N4O4/c1-34(2,3)45-33(44)41-24-35(16-6-4-5-7-17-35)40-30(37(41)18-8-9-19-37)29(42)15-13-25-12-14-26-22-36(23-27(26)21-25)28-11-10-20-38-31(28)39-32(36)43/h10-12,14,20-21,30,40H,4-9,16-19,22-24H2,1-3H3,(H,38,39,43). The summed E-state index contributed by atoms with van der Waals surface area (Å²) in [4.78, 5) is 47.5. The van der Waals surface area contributed by atoms with Crippen LogP contribution in [0.2, 0.25) is 0 Å². The van der Waals surface area contributed by atoms with Crippen LogP contribution in [0.5, 0.6) is 0 Å². The van der Waals surface area contributed by atoms with E-state index >= 15 is 0 Å². The van der Waals surface area contributed by atoms with Crippen LogP contribution in [0.15, 0.2) is 36.5 Å². The zero-order chi connectivity index (χ0) is 31.5. The maximum atomic E-state index is 14.2. The molecule has 236 valence electrons. The van der Waals surface area contributed by atoms with Gasteiger partial charge in [-0.25, -0.2) is 9.78 Å². The molecule has 2 amide bonds. The molecule has 45 heavy (non-hydrogen) atoms. The smallest absolute Gasteiger partial charge is 0.410 e. The molecule has 2 atom stereocenters. The summed E-state index contributed by atoms with van der Waals surface area (Å²) in [6.07, 6.45) is 12.4. The van der Waals surface area contributed by atoms with Gasteiger partial charge in [0.1, 0.15) is 17.5 Å². The second-order valence-corrected chi connectivity index (χ2v) is 15.0. The summed E-state index contributed by atoms with van der Waals surface area (Å²) >= 11 is 0. The van der Waals surface area contributed by atoms with E-state index in [-0.39, 0.29) is 23.3 Å². The first-order valence-corrected chi connectivity index (χ1v) is 16.8. The van der Waals surface area contributed by atoms with E-state index in [9.17, 15) is 14.4 Å². The van der Waals surface area contributed by atoms with Crippen molar-refractivity contribution in [3.05, 3.63) is 58.8 Å². The van der Waals surface area contributed by atoms with E-state index in [0.717, 1.165) is 73.6 Å². The van der Waals surface area contributed by atoms with E-state index in [1.54, 1.807) is 6.20 Å². The number of carbonyl (C=O) groups excluding carboxylic acids is 3. The number of ether oxygens (including phenoxy) is 1. The lowest BCUT2D eigenvalue weighted by Crippen LogP contribution is -2.77. The molecule has 3 heterocycles. The van der Waals surface area contributed by atoms with E-state index < -0.39 is 22.6 Å². The van der Waals surface area contributed by atoms with E-state index in [0.29, 0.717) is 25.2 Å². The molecule has 0 radical (unpaired) electrons. The summed E-state index contributed by atoms with van der Waals surface area (Å²) in [7, 11) is 0. The Labute approximate surface area is 266 Å². The van der Waals surface area contributed by atoms with Gasteiger partial charge in [-0.3, -0.25) is 19.8 Å². The lowest BCUT2D eigenvalue weighted by Gasteiger charge is -2.56. The molecule has 2 saturated carbocycles. The highest BCUT2D eigenvalue weighted by molar-refractivity contribution is 6.06. The number of piperazine rings is 1. The molecule has 2 N–H and O–H groups in total. The number of ketones is 1. The van der Waals surface area contributed by atoms with Crippen molar-refractivity contribution in [2.45, 2.75) is 126 Å². The van der Waals surface area contributed by atoms with Gasteiger partial charge in [0, 0.05) is 29.4 Å². The molecule has 2 unspecified atom stereocenters. The Morgan fingerprint density at radius 1 is 0.978 bits per heavy atom. The Hall–Kier alpha value is -3.70. The average Bonchev–Trinajstić information content (AvgIpc) is 3.65. The highest BCUT2D eigenvalue weighted by Crippen LogP contribution is 2.47. The number of hydrogen-bond acceptors (Lipinski definition) is 6. The van der Waals surface area contributed by atoms with E-state index in [1.807, 2.05) is 56.0 Å². The number of nitrogens with zero attached hydrogens (tertiary/aromatic N) is 2. The predicted molar refractivity (Wildman–Crippen MR) is 172 cm³/mol. The minimum Gasteiger partial charge on any atom is -0.444 e. The van der Waals surface area contributed by atoms with Crippen LogP contribution < -0.4 is 10.6 Å². The van der Waals surface area contributed by atoms with Crippen LogP contribution in [0, 0.1) is 11.8 Å². The summed E-state index contributed by atoms with van der Waals surface area (Å²) in [5.41, 5.74) is 1.67. The van der Waals surface area contributed by atoms with Gasteiger partial charge in [-0.05, 0) is 94.5 Å². The Morgan fingerprint density at radius 3 is 2.42 bits per heavy atom. The monoisotopic (exact) mass is 608 g/mol. The van der Waals surface area contributed by atoms with Gasteiger partial charge in [0.05, 0.1) is 11.0 Å². The van der Waals surface area contributed by atoms with Gasteiger partial charge in [-0.2, -0.15) is 0 Å². The maximum Gasteiger partial charge on any atom is 0.410 e. The van der Waals surface area contributed by atoms with Gasteiger partial charge in [-0.1, -0.05) is 56.6 Å². The van der Waals surface area contributed by atoms with Crippen LogP contribution in [-0.4, -0.2) is 56.9 Å². The number of hydrogen-bond donors (Lipinski definition) is 2. The number of rotatable bonds is 1. The molecule has 3 spiro atoms. The molecule has 1 saturated heterocycles. The van der Waals surface area contributed by atoms with Crippen molar-refractivity contribution in [1.82, 2.24) is 15.2 Å². The van der Waals surface area contributed by atoms with Gasteiger partial charge in [0.2, 0.25) is 11.7 Å². The van der Waals surface area contributed by atoms with Gasteiger partial charge < -0.3 is 10.1 Å². The number of anilines is 1. The maximum absolute atomic E-state index is 14.2. The first kappa shape index (κ1) is 30.0. The van der Waals surface area contributed by atoms with Crippen LogP contribution in [0.25, 0.3) is 0 Å². The molecule has 8 nitrogen and oxygen atoms in total. The number of carbonyl (C=O) groups is 3. The highest BCUT2D eigenvalue weighted by atomic mass is 16.6. The molecule has 2 aliphatic heterocycles. The van der Waals surface area contributed by atoms with Crippen LogP contribution in [0.3, 0.4) is 0 Å². The van der Waals surface area contributed by atoms with E-state index in [1.165, 1.54) is 12.8 Å². The molecule has 3 fully saturated rings. The van der Waals surface area contributed by atoms with E-state index in [4.69, 9.17) is 4.74 Å². The molecular formula is C37H44N4O4. The summed E-state index contributed by atoms with van der Waals surface area (Å²) in [6, 6.07) is 9.33.